The zero-order chi connectivity index (χ0) is 21.2. The Balaban J connectivity index is 2.03. The fourth-order valence-electron chi connectivity index (χ4n) is 3.52. The molecule has 29 heavy (non-hydrogen) atoms. The molecule has 0 heterocycles. The van der Waals surface area contributed by atoms with Crippen LogP contribution in [0.15, 0.2) is 59.0 Å². The van der Waals surface area contributed by atoms with E-state index in [9.17, 15) is 20.2 Å². The lowest BCUT2D eigenvalue weighted by Gasteiger charge is -2.23. The molecule has 3 rings (SSSR count). The number of phenols is 2. The largest absolute Gasteiger partial charge is 0.512 e. The third kappa shape index (κ3) is 4.86. The molecule has 5 heteroatoms. The lowest BCUT2D eigenvalue weighted by atomic mass is 9.82. The van der Waals surface area contributed by atoms with Gasteiger partial charge < -0.3 is 15.3 Å². The van der Waals surface area contributed by atoms with Crippen LogP contribution in [0.25, 0.3) is 0 Å². The van der Waals surface area contributed by atoms with Crippen molar-refractivity contribution in [2.45, 2.75) is 51.9 Å². The first-order valence-electron chi connectivity index (χ1n) is 9.75. The number of aliphatic hydroxyl groups is 1. The lowest BCUT2D eigenvalue weighted by molar-refractivity contribution is 0.385. The molecule has 0 aliphatic heterocycles. The molecule has 0 spiro atoms. The summed E-state index contributed by atoms with van der Waals surface area (Å²) in [5, 5.41) is 33.2. The topological polar surface area (TPSA) is 90.1 Å². The highest BCUT2D eigenvalue weighted by Crippen LogP contribution is 2.36. The van der Waals surface area contributed by atoms with Crippen LogP contribution in [0.2, 0.25) is 0 Å². The summed E-state index contributed by atoms with van der Waals surface area (Å²) in [6.07, 6.45) is 5.93. The summed E-state index contributed by atoms with van der Waals surface area (Å²) in [5.41, 5.74) is 4.49. The number of hydrogen-bond acceptors (Lipinski definition) is 5. The van der Waals surface area contributed by atoms with Gasteiger partial charge in [-0.1, -0.05) is 50.6 Å². The van der Waals surface area contributed by atoms with Crippen molar-refractivity contribution >= 4 is 5.69 Å². The zero-order valence-corrected chi connectivity index (χ0v) is 17.1. The minimum atomic E-state index is -0.114. The molecule has 0 saturated carbocycles. The van der Waals surface area contributed by atoms with Crippen molar-refractivity contribution in [2.24, 2.45) is 5.18 Å². The SMILES string of the molecule is CC(C)(C)c1cc(CC2=CC=C(O)CC2)c(O)c(Cc2ccc(O)cc2N=O)c1. The van der Waals surface area contributed by atoms with Crippen LogP contribution in [0.1, 0.15) is 55.9 Å². The van der Waals surface area contributed by atoms with Crippen molar-refractivity contribution in [1.29, 1.82) is 0 Å². The number of phenolic OH excluding ortho intramolecular Hbond substituents is 2. The number of aliphatic hydroxyl groups excluding tert-OH is 1. The minimum Gasteiger partial charge on any atom is -0.512 e. The van der Waals surface area contributed by atoms with Gasteiger partial charge in [-0.15, -0.1) is 4.91 Å². The smallest absolute Gasteiger partial charge is 0.122 e. The fraction of sp³-hybridized carbons (Fsp3) is 0.333. The van der Waals surface area contributed by atoms with Crippen molar-refractivity contribution in [3.05, 3.63) is 81.0 Å². The van der Waals surface area contributed by atoms with E-state index in [1.165, 1.54) is 12.1 Å². The number of aromatic hydroxyl groups is 2. The van der Waals surface area contributed by atoms with Gasteiger partial charge in [0.1, 0.15) is 17.2 Å². The molecule has 3 N–H and O–H groups in total. The first kappa shape index (κ1) is 20.6. The molecule has 0 unspecified atom stereocenters. The van der Waals surface area contributed by atoms with E-state index < -0.39 is 0 Å². The Morgan fingerprint density at radius 1 is 0.897 bits per heavy atom. The van der Waals surface area contributed by atoms with E-state index in [0.29, 0.717) is 30.6 Å². The molecule has 2 aromatic carbocycles. The third-order valence-electron chi connectivity index (χ3n) is 5.31. The van der Waals surface area contributed by atoms with E-state index in [2.05, 4.69) is 25.9 Å². The summed E-state index contributed by atoms with van der Waals surface area (Å²) < 4.78 is 0. The summed E-state index contributed by atoms with van der Waals surface area (Å²) in [6, 6.07) is 8.52. The standard InChI is InChI=1S/C24H27NO4/c1-24(2,3)19-12-17(10-15-4-7-20(26)8-5-15)23(28)18(13-19)11-16-6-9-21(27)14-22(16)25-29/h4,6-7,9,12-14,26-28H,5,8,10-11H2,1-3H3. The van der Waals surface area contributed by atoms with E-state index in [4.69, 9.17) is 0 Å². The summed E-state index contributed by atoms with van der Waals surface area (Å²) in [7, 11) is 0. The van der Waals surface area contributed by atoms with Gasteiger partial charge >= 0.3 is 0 Å². The molecule has 1 aliphatic rings. The highest BCUT2D eigenvalue weighted by Gasteiger charge is 2.20. The molecular weight excluding hydrogens is 366 g/mol. The minimum absolute atomic E-state index is 0.0164. The molecule has 5 nitrogen and oxygen atoms in total. The van der Waals surface area contributed by atoms with Gasteiger partial charge in [0.2, 0.25) is 0 Å². The van der Waals surface area contributed by atoms with Gasteiger partial charge in [-0.3, -0.25) is 0 Å². The van der Waals surface area contributed by atoms with E-state index in [1.807, 2.05) is 18.2 Å². The molecular formula is C24H27NO4. The average Bonchev–Trinajstić information content (AvgIpc) is 2.66. The maximum absolute atomic E-state index is 11.2. The average molecular weight is 393 g/mol. The molecule has 0 bridgehead atoms. The number of nitrogens with zero attached hydrogens (tertiary/aromatic N) is 1. The van der Waals surface area contributed by atoms with Gasteiger partial charge in [-0.2, -0.15) is 0 Å². The summed E-state index contributed by atoms with van der Waals surface area (Å²) in [6.45, 7) is 6.35. The van der Waals surface area contributed by atoms with Gasteiger partial charge in [-0.05, 0) is 57.8 Å². The maximum atomic E-state index is 11.2. The monoisotopic (exact) mass is 393 g/mol. The Kier molecular flexibility index (Phi) is 5.78. The second-order valence-electron chi connectivity index (χ2n) is 8.63. The van der Waals surface area contributed by atoms with Crippen LogP contribution < -0.4 is 0 Å². The number of allylic oxidation sites excluding steroid dienone is 4. The van der Waals surface area contributed by atoms with Crippen molar-refractivity contribution in [3.63, 3.8) is 0 Å². The van der Waals surface area contributed by atoms with E-state index in [0.717, 1.165) is 28.7 Å². The van der Waals surface area contributed by atoms with E-state index in [1.54, 1.807) is 12.1 Å². The molecule has 1 aliphatic carbocycles. The van der Waals surface area contributed by atoms with Crippen LogP contribution in [-0.4, -0.2) is 15.3 Å². The molecule has 0 fully saturated rings. The first-order chi connectivity index (χ1) is 13.7. The van der Waals surface area contributed by atoms with Crippen LogP contribution in [0.5, 0.6) is 11.5 Å². The zero-order valence-electron chi connectivity index (χ0n) is 17.1. The summed E-state index contributed by atoms with van der Waals surface area (Å²) in [4.78, 5) is 11.2. The highest BCUT2D eigenvalue weighted by atomic mass is 16.3. The molecule has 0 saturated heterocycles. The Bertz CT molecular complexity index is 997. The van der Waals surface area contributed by atoms with Gasteiger partial charge in [0, 0.05) is 18.9 Å². The maximum Gasteiger partial charge on any atom is 0.122 e. The number of hydrogen-bond donors (Lipinski definition) is 3. The Hall–Kier alpha value is -3.08. The quantitative estimate of drug-likeness (QED) is 0.536. The van der Waals surface area contributed by atoms with Crippen LogP contribution in [0.4, 0.5) is 5.69 Å². The van der Waals surface area contributed by atoms with E-state index in [-0.39, 0.29) is 22.6 Å². The summed E-state index contributed by atoms with van der Waals surface area (Å²) >= 11 is 0. The van der Waals surface area contributed by atoms with Crippen molar-refractivity contribution in [2.75, 3.05) is 0 Å². The predicted octanol–water partition coefficient (Wildman–Crippen LogP) is 6.09. The van der Waals surface area contributed by atoms with Gasteiger partial charge in [-0.25, -0.2) is 0 Å². The Labute approximate surface area is 171 Å². The molecule has 0 aromatic heterocycles. The fourth-order valence-corrected chi connectivity index (χ4v) is 3.52. The first-order valence-corrected chi connectivity index (χ1v) is 9.75. The molecule has 152 valence electrons. The van der Waals surface area contributed by atoms with Crippen LogP contribution >= 0.6 is 0 Å². The molecule has 2 aromatic rings. The lowest BCUT2D eigenvalue weighted by Crippen LogP contribution is -2.13. The number of nitroso groups, excluding NO2 is 1. The molecule has 0 amide bonds. The van der Waals surface area contributed by atoms with E-state index >= 15 is 0 Å². The second kappa shape index (κ2) is 8.11. The van der Waals surface area contributed by atoms with Crippen LogP contribution in [0, 0.1) is 4.91 Å². The number of benzene rings is 2. The Morgan fingerprint density at radius 2 is 1.59 bits per heavy atom. The summed E-state index contributed by atoms with van der Waals surface area (Å²) in [5.74, 6) is 0.572. The van der Waals surface area contributed by atoms with Crippen molar-refractivity contribution in [1.82, 2.24) is 0 Å². The van der Waals surface area contributed by atoms with Crippen LogP contribution in [0.3, 0.4) is 0 Å². The molecule has 0 radical (unpaired) electrons. The van der Waals surface area contributed by atoms with Crippen molar-refractivity contribution < 1.29 is 15.3 Å². The third-order valence-corrected chi connectivity index (χ3v) is 5.31. The van der Waals surface area contributed by atoms with Gasteiger partial charge in [0.15, 0.2) is 0 Å². The second-order valence-corrected chi connectivity index (χ2v) is 8.63. The van der Waals surface area contributed by atoms with Crippen LogP contribution in [-0.2, 0) is 18.3 Å². The Morgan fingerprint density at radius 3 is 2.17 bits per heavy atom. The van der Waals surface area contributed by atoms with Gasteiger partial charge in [0.25, 0.3) is 0 Å². The van der Waals surface area contributed by atoms with Gasteiger partial charge in [0.05, 0.1) is 5.76 Å². The highest BCUT2D eigenvalue weighted by molar-refractivity contribution is 5.55. The van der Waals surface area contributed by atoms with Crippen molar-refractivity contribution in [3.8, 4) is 11.5 Å². The predicted molar refractivity (Wildman–Crippen MR) is 115 cm³/mol. The molecule has 0 atom stereocenters. The normalized spacial score (nSPS) is 14.3. The number of rotatable bonds is 5.